The van der Waals surface area contributed by atoms with E-state index >= 15 is 0 Å². The van der Waals surface area contributed by atoms with Crippen LogP contribution in [0.2, 0.25) is 0 Å². The Morgan fingerprint density at radius 2 is 1.63 bits per heavy atom. The Bertz CT molecular complexity index is 1120. The third-order valence-corrected chi connectivity index (χ3v) is 6.48. The van der Waals surface area contributed by atoms with E-state index in [1.807, 2.05) is 6.07 Å². The zero-order valence-corrected chi connectivity index (χ0v) is 19.1. The summed E-state index contributed by atoms with van der Waals surface area (Å²) < 4.78 is 41.4. The minimum absolute atomic E-state index is 0.0995. The fourth-order valence-electron chi connectivity index (χ4n) is 4.69. The first-order valence-corrected chi connectivity index (χ1v) is 11.5. The highest BCUT2D eigenvalue weighted by atomic mass is 19.4. The molecule has 2 fully saturated rings. The van der Waals surface area contributed by atoms with Gasteiger partial charge in [0, 0.05) is 37.9 Å². The zero-order valence-electron chi connectivity index (χ0n) is 19.1. The second-order valence-electron chi connectivity index (χ2n) is 8.81. The van der Waals surface area contributed by atoms with Gasteiger partial charge in [0.05, 0.1) is 11.1 Å². The lowest BCUT2D eigenvalue weighted by molar-refractivity contribution is -0.138. The van der Waals surface area contributed by atoms with Gasteiger partial charge in [-0.1, -0.05) is 6.07 Å². The molecule has 0 spiro atoms. The largest absolute Gasteiger partial charge is 0.416 e. The number of piperidine rings is 1. The van der Waals surface area contributed by atoms with Crippen molar-refractivity contribution in [2.24, 2.45) is 16.5 Å². The summed E-state index contributed by atoms with van der Waals surface area (Å²) in [5.74, 6) is -1.20. The molecule has 35 heavy (non-hydrogen) atoms. The second kappa shape index (κ2) is 9.93. The number of pyridine rings is 1. The summed E-state index contributed by atoms with van der Waals surface area (Å²) in [5.41, 5.74) is 9.76. The molecule has 4 rings (SSSR count). The first kappa shape index (κ1) is 24.5. The Kier molecular flexibility index (Phi) is 6.95. The molecule has 1 aromatic heterocycles. The number of nitrogens with zero attached hydrogens (tertiary/aromatic N) is 4. The molecule has 0 unspecified atom stereocenters. The van der Waals surface area contributed by atoms with E-state index < -0.39 is 29.5 Å². The predicted molar refractivity (Wildman–Crippen MR) is 125 cm³/mol. The Morgan fingerprint density at radius 3 is 2.20 bits per heavy atom. The number of aromatic nitrogens is 1. The molecule has 4 N–H and O–H groups in total. The molecule has 0 radical (unpaired) electrons. The topological polar surface area (TPSA) is 118 Å². The maximum absolute atomic E-state index is 13.8. The van der Waals surface area contributed by atoms with Crippen LogP contribution >= 0.6 is 0 Å². The quantitative estimate of drug-likeness (QED) is 0.504. The summed E-state index contributed by atoms with van der Waals surface area (Å²) in [5, 5.41) is 0. The van der Waals surface area contributed by atoms with Gasteiger partial charge in [0.1, 0.15) is 5.82 Å². The number of hydrogen-bond donors (Lipinski definition) is 2. The van der Waals surface area contributed by atoms with Crippen LogP contribution in [0.5, 0.6) is 0 Å². The Hall–Kier alpha value is -3.63. The number of halogens is 3. The molecule has 2 aliphatic rings. The Labute approximate surface area is 200 Å². The first-order chi connectivity index (χ1) is 16.6. The third kappa shape index (κ3) is 5.55. The number of alkyl halides is 3. The Morgan fingerprint density at radius 1 is 0.971 bits per heavy atom. The molecule has 186 valence electrons. The SMILES string of the molecule is NC(N)=NC(=O)c1ccc(C2CCN(C(=O)c3ccc(N4CCCC4)nc3)CC2)c(C(F)(F)F)c1. The van der Waals surface area contributed by atoms with Crippen LogP contribution in [-0.2, 0) is 6.18 Å². The van der Waals surface area contributed by atoms with Crippen LogP contribution < -0.4 is 16.4 Å². The van der Waals surface area contributed by atoms with Crippen molar-refractivity contribution < 1.29 is 22.8 Å². The first-order valence-electron chi connectivity index (χ1n) is 11.5. The molecule has 11 heteroatoms. The highest BCUT2D eigenvalue weighted by Gasteiger charge is 2.37. The molecular formula is C24H27F3N6O2. The predicted octanol–water partition coefficient (Wildman–Crippen LogP) is 3.13. The molecule has 0 bridgehead atoms. The van der Waals surface area contributed by atoms with Gasteiger partial charge in [0.2, 0.25) is 0 Å². The smallest absolute Gasteiger partial charge is 0.370 e. The normalized spacial score (nSPS) is 16.9. The van der Waals surface area contributed by atoms with Gasteiger partial charge in [-0.05, 0) is 61.4 Å². The van der Waals surface area contributed by atoms with E-state index in [2.05, 4.69) is 14.9 Å². The molecule has 2 amide bonds. The molecule has 3 heterocycles. The van der Waals surface area contributed by atoms with Gasteiger partial charge in [0.15, 0.2) is 5.96 Å². The van der Waals surface area contributed by atoms with Crippen LogP contribution in [0.1, 0.15) is 63.4 Å². The van der Waals surface area contributed by atoms with Crippen molar-refractivity contribution in [3.63, 3.8) is 0 Å². The Balaban J connectivity index is 1.45. The molecule has 0 atom stereocenters. The summed E-state index contributed by atoms with van der Waals surface area (Å²) >= 11 is 0. The lowest BCUT2D eigenvalue weighted by atomic mass is 9.85. The van der Waals surface area contributed by atoms with Crippen LogP contribution in [0, 0.1) is 0 Å². The van der Waals surface area contributed by atoms with Crippen LogP contribution in [0.15, 0.2) is 41.5 Å². The van der Waals surface area contributed by atoms with Gasteiger partial charge in [-0.25, -0.2) is 4.98 Å². The lowest BCUT2D eigenvalue weighted by Crippen LogP contribution is -2.38. The number of amides is 2. The van der Waals surface area contributed by atoms with E-state index in [9.17, 15) is 22.8 Å². The van der Waals surface area contributed by atoms with E-state index in [1.54, 1.807) is 17.2 Å². The van der Waals surface area contributed by atoms with Crippen LogP contribution in [0.4, 0.5) is 19.0 Å². The van der Waals surface area contributed by atoms with Gasteiger partial charge >= 0.3 is 6.18 Å². The van der Waals surface area contributed by atoms with E-state index in [-0.39, 0.29) is 17.0 Å². The summed E-state index contributed by atoms with van der Waals surface area (Å²) in [6.07, 6.45) is -0.0919. The molecular weight excluding hydrogens is 461 g/mol. The van der Waals surface area contributed by atoms with Crippen LogP contribution in [0.25, 0.3) is 0 Å². The zero-order chi connectivity index (χ0) is 25.2. The molecule has 0 saturated carbocycles. The fraction of sp³-hybridized carbons (Fsp3) is 0.417. The number of aliphatic imine (C=N–C) groups is 1. The minimum Gasteiger partial charge on any atom is -0.370 e. The van der Waals surface area contributed by atoms with Crippen molar-refractivity contribution >= 4 is 23.6 Å². The molecule has 2 aliphatic heterocycles. The molecule has 2 saturated heterocycles. The van der Waals surface area contributed by atoms with E-state index in [0.29, 0.717) is 31.5 Å². The number of benzene rings is 1. The maximum Gasteiger partial charge on any atom is 0.416 e. The fourth-order valence-corrected chi connectivity index (χ4v) is 4.69. The number of carbonyl (C=O) groups excluding carboxylic acids is 2. The number of anilines is 1. The van der Waals surface area contributed by atoms with Crippen molar-refractivity contribution in [1.29, 1.82) is 0 Å². The molecule has 1 aromatic carbocycles. The highest BCUT2D eigenvalue weighted by molar-refractivity contribution is 6.02. The molecule has 8 nitrogen and oxygen atoms in total. The number of likely N-dealkylation sites (tertiary alicyclic amines) is 1. The van der Waals surface area contributed by atoms with Crippen LogP contribution in [-0.4, -0.2) is 53.8 Å². The average Bonchev–Trinajstić information content (AvgIpc) is 3.37. The molecule has 2 aromatic rings. The van der Waals surface area contributed by atoms with Crippen molar-refractivity contribution in [2.75, 3.05) is 31.1 Å². The second-order valence-corrected chi connectivity index (χ2v) is 8.81. The standard InChI is InChI=1S/C24H27F3N6O2/c25-24(26,27)19-13-16(21(34)31-23(28)29)3-5-18(19)15-7-11-33(12-8-15)22(35)17-4-6-20(30-14-17)32-9-1-2-10-32/h3-6,13-15H,1-2,7-12H2,(H4,28,29,31,34). The average molecular weight is 489 g/mol. The van der Waals surface area contributed by atoms with E-state index in [0.717, 1.165) is 37.8 Å². The van der Waals surface area contributed by atoms with Gasteiger partial charge in [-0.15, -0.1) is 0 Å². The summed E-state index contributed by atoms with van der Waals surface area (Å²) in [6, 6.07) is 6.98. The van der Waals surface area contributed by atoms with Gasteiger partial charge in [-0.2, -0.15) is 18.2 Å². The van der Waals surface area contributed by atoms with Crippen molar-refractivity contribution in [1.82, 2.24) is 9.88 Å². The number of hydrogen-bond acceptors (Lipinski definition) is 4. The van der Waals surface area contributed by atoms with Crippen molar-refractivity contribution in [2.45, 2.75) is 37.8 Å². The van der Waals surface area contributed by atoms with E-state index in [1.165, 1.54) is 12.1 Å². The number of nitrogens with two attached hydrogens (primary N) is 2. The summed E-state index contributed by atoms with van der Waals surface area (Å²) in [4.78, 5) is 36.5. The van der Waals surface area contributed by atoms with Crippen LogP contribution in [0.3, 0.4) is 0 Å². The van der Waals surface area contributed by atoms with Gasteiger partial charge in [0.25, 0.3) is 11.8 Å². The number of guanidine groups is 1. The number of rotatable bonds is 4. The summed E-state index contributed by atoms with van der Waals surface area (Å²) in [6.45, 7) is 2.56. The maximum atomic E-state index is 13.8. The minimum atomic E-state index is -4.65. The third-order valence-electron chi connectivity index (χ3n) is 6.48. The van der Waals surface area contributed by atoms with Crippen molar-refractivity contribution in [3.05, 3.63) is 58.8 Å². The van der Waals surface area contributed by atoms with E-state index in [4.69, 9.17) is 11.5 Å². The summed E-state index contributed by atoms with van der Waals surface area (Å²) in [7, 11) is 0. The van der Waals surface area contributed by atoms with Gasteiger partial charge < -0.3 is 21.3 Å². The van der Waals surface area contributed by atoms with Gasteiger partial charge in [-0.3, -0.25) is 9.59 Å². The monoisotopic (exact) mass is 488 g/mol. The highest BCUT2D eigenvalue weighted by Crippen LogP contribution is 2.39. The number of carbonyl (C=O) groups is 2. The molecule has 0 aliphatic carbocycles. The van der Waals surface area contributed by atoms with Crippen molar-refractivity contribution in [3.8, 4) is 0 Å². The lowest BCUT2D eigenvalue weighted by Gasteiger charge is -2.33.